The van der Waals surface area contributed by atoms with E-state index in [9.17, 15) is 14.4 Å². The van der Waals surface area contributed by atoms with Gasteiger partial charge in [0.25, 0.3) is 5.91 Å². The van der Waals surface area contributed by atoms with Crippen LogP contribution in [0.5, 0.6) is 5.75 Å². The molecule has 2 aromatic carbocycles. The highest BCUT2D eigenvalue weighted by Crippen LogP contribution is 2.38. The smallest absolute Gasteiger partial charge is 0.325 e. The molecule has 158 valence electrons. The lowest BCUT2D eigenvalue weighted by Crippen LogP contribution is -2.54. The van der Waals surface area contributed by atoms with Gasteiger partial charge in [0.05, 0.1) is 7.11 Å². The molecule has 4 rings (SSSR count). The highest BCUT2D eigenvalue weighted by Gasteiger charge is 2.55. The van der Waals surface area contributed by atoms with Crippen molar-refractivity contribution in [3.63, 3.8) is 0 Å². The molecule has 1 saturated heterocycles. The van der Waals surface area contributed by atoms with Crippen molar-refractivity contribution < 1.29 is 19.1 Å². The van der Waals surface area contributed by atoms with E-state index >= 15 is 0 Å². The van der Waals surface area contributed by atoms with Crippen LogP contribution in [0.1, 0.15) is 38.2 Å². The van der Waals surface area contributed by atoms with Crippen LogP contribution in [0.2, 0.25) is 0 Å². The fourth-order valence-corrected chi connectivity index (χ4v) is 4.55. The number of hydrogen-bond acceptors (Lipinski definition) is 4. The number of methoxy groups -OCH3 is 1. The van der Waals surface area contributed by atoms with Gasteiger partial charge in [0, 0.05) is 6.54 Å². The number of carbonyl (C=O) groups is 3. The van der Waals surface area contributed by atoms with Gasteiger partial charge in [-0.1, -0.05) is 38.0 Å². The van der Waals surface area contributed by atoms with Crippen LogP contribution in [-0.2, 0) is 16.1 Å². The highest BCUT2D eigenvalue weighted by molar-refractivity contribution is 6.09. The Hall–Kier alpha value is -3.09. The lowest BCUT2D eigenvalue weighted by Gasteiger charge is -2.36. The Morgan fingerprint density at radius 3 is 2.73 bits per heavy atom. The first-order valence-electron chi connectivity index (χ1n) is 10.4. The molecular weight excluding hydrogens is 382 g/mol. The first-order chi connectivity index (χ1) is 14.4. The van der Waals surface area contributed by atoms with E-state index in [1.165, 1.54) is 0 Å². The molecule has 2 N–H and O–H groups in total. The summed E-state index contributed by atoms with van der Waals surface area (Å²) in [5, 5.41) is 7.79. The zero-order valence-corrected chi connectivity index (χ0v) is 17.4. The minimum Gasteiger partial charge on any atom is -0.497 e. The molecule has 2 atom stereocenters. The van der Waals surface area contributed by atoms with Crippen LogP contribution in [0.15, 0.2) is 36.4 Å². The van der Waals surface area contributed by atoms with Crippen molar-refractivity contribution in [3.8, 4) is 5.75 Å². The Balaban J connectivity index is 1.38. The van der Waals surface area contributed by atoms with Gasteiger partial charge >= 0.3 is 6.03 Å². The molecule has 1 aliphatic heterocycles. The third-order valence-corrected chi connectivity index (χ3v) is 6.40. The van der Waals surface area contributed by atoms with E-state index in [2.05, 4.69) is 10.6 Å². The summed E-state index contributed by atoms with van der Waals surface area (Å²) in [6.45, 7) is 2.06. The molecule has 0 aromatic heterocycles. The van der Waals surface area contributed by atoms with E-state index in [1.54, 1.807) is 7.11 Å². The third kappa shape index (κ3) is 3.60. The molecule has 1 spiro atoms. The summed E-state index contributed by atoms with van der Waals surface area (Å²) < 4.78 is 5.24. The average molecular weight is 409 g/mol. The molecule has 0 radical (unpaired) electrons. The fourth-order valence-electron chi connectivity index (χ4n) is 4.55. The van der Waals surface area contributed by atoms with Gasteiger partial charge in [0.2, 0.25) is 5.91 Å². The van der Waals surface area contributed by atoms with Crippen molar-refractivity contribution in [2.24, 2.45) is 5.92 Å². The van der Waals surface area contributed by atoms with Gasteiger partial charge in [-0.3, -0.25) is 14.5 Å². The number of hydrogen-bond donors (Lipinski definition) is 2. The molecule has 2 unspecified atom stereocenters. The number of rotatable bonds is 5. The molecule has 1 heterocycles. The summed E-state index contributed by atoms with van der Waals surface area (Å²) in [4.78, 5) is 38.9. The molecule has 2 aromatic rings. The van der Waals surface area contributed by atoms with Crippen molar-refractivity contribution in [3.05, 3.63) is 42.0 Å². The minimum absolute atomic E-state index is 0.0759. The SMILES string of the molecule is COc1ccc2cc(CNC(=O)CN3C(=O)NC4(CCCCC4C)C3=O)ccc2c1. The quantitative estimate of drug-likeness (QED) is 0.744. The molecule has 1 saturated carbocycles. The van der Waals surface area contributed by atoms with Crippen LogP contribution in [0.4, 0.5) is 4.79 Å². The summed E-state index contributed by atoms with van der Waals surface area (Å²) in [6, 6.07) is 11.3. The van der Waals surface area contributed by atoms with E-state index in [0.717, 1.165) is 46.2 Å². The second kappa shape index (κ2) is 7.97. The molecule has 7 heteroatoms. The number of imide groups is 1. The predicted molar refractivity (Wildman–Crippen MR) is 113 cm³/mol. The van der Waals surface area contributed by atoms with E-state index in [0.29, 0.717) is 13.0 Å². The third-order valence-electron chi connectivity index (χ3n) is 6.40. The van der Waals surface area contributed by atoms with Crippen LogP contribution < -0.4 is 15.4 Å². The number of urea groups is 1. The van der Waals surface area contributed by atoms with Gasteiger partial charge < -0.3 is 15.4 Å². The summed E-state index contributed by atoms with van der Waals surface area (Å²) in [5.74, 6) is 0.248. The average Bonchev–Trinajstić information content (AvgIpc) is 2.98. The lowest BCUT2D eigenvalue weighted by molar-refractivity contribution is -0.137. The van der Waals surface area contributed by atoms with Gasteiger partial charge in [-0.2, -0.15) is 0 Å². The molecule has 7 nitrogen and oxygen atoms in total. The maximum Gasteiger partial charge on any atom is 0.325 e. The van der Waals surface area contributed by atoms with E-state index < -0.39 is 11.6 Å². The number of benzene rings is 2. The topological polar surface area (TPSA) is 87.7 Å². The number of nitrogens with zero attached hydrogens (tertiary/aromatic N) is 1. The maximum atomic E-state index is 13.0. The number of nitrogens with one attached hydrogen (secondary N) is 2. The fraction of sp³-hybridized carbons (Fsp3) is 0.435. The first kappa shape index (κ1) is 20.2. The summed E-state index contributed by atoms with van der Waals surface area (Å²) in [6.07, 6.45) is 3.51. The molecule has 1 aliphatic carbocycles. The highest BCUT2D eigenvalue weighted by atomic mass is 16.5. The Morgan fingerprint density at radius 2 is 1.97 bits per heavy atom. The number of ether oxygens (including phenoxy) is 1. The summed E-state index contributed by atoms with van der Waals surface area (Å²) >= 11 is 0. The van der Waals surface area contributed by atoms with Crippen LogP contribution in [0.25, 0.3) is 10.8 Å². The molecule has 0 bridgehead atoms. The Morgan fingerprint density at radius 1 is 1.20 bits per heavy atom. The largest absolute Gasteiger partial charge is 0.497 e. The van der Waals surface area contributed by atoms with Crippen LogP contribution in [-0.4, -0.2) is 41.9 Å². The predicted octanol–water partition coefficient (Wildman–Crippen LogP) is 2.97. The second-order valence-corrected chi connectivity index (χ2v) is 8.26. The molecule has 30 heavy (non-hydrogen) atoms. The number of amides is 4. The zero-order chi connectivity index (χ0) is 21.3. The van der Waals surface area contributed by atoms with Crippen LogP contribution in [0.3, 0.4) is 0 Å². The Kier molecular flexibility index (Phi) is 5.37. The molecule has 2 aliphatic rings. The number of carbonyl (C=O) groups excluding carboxylic acids is 3. The van der Waals surface area contributed by atoms with Gasteiger partial charge in [0.1, 0.15) is 17.8 Å². The number of fused-ring (bicyclic) bond motifs is 1. The summed E-state index contributed by atoms with van der Waals surface area (Å²) in [7, 11) is 1.63. The Labute approximate surface area is 175 Å². The Bertz CT molecular complexity index is 1010. The monoisotopic (exact) mass is 409 g/mol. The van der Waals surface area contributed by atoms with Gasteiger partial charge in [-0.25, -0.2) is 4.79 Å². The van der Waals surface area contributed by atoms with Crippen molar-refractivity contribution >= 4 is 28.6 Å². The normalized spacial score (nSPS) is 23.7. The van der Waals surface area contributed by atoms with Gasteiger partial charge in [-0.15, -0.1) is 0 Å². The maximum absolute atomic E-state index is 13.0. The second-order valence-electron chi connectivity index (χ2n) is 8.26. The molecule has 4 amide bonds. The van der Waals surface area contributed by atoms with E-state index in [-0.39, 0.29) is 24.3 Å². The lowest BCUT2D eigenvalue weighted by atomic mass is 9.73. The standard InChI is InChI=1S/C23H27N3O4/c1-15-5-3-4-10-23(15)21(28)26(22(29)25-23)14-20(27)24-13-16-6-7-18-12-19(30-2)9-8-17(18)11-16/h6-9,11-12,15H,3-5,10,13-14H2,1-2H3,(H,24,27)(H,25,29). The van der Waals surface area contributed by atoms with Crippen molar-refractivity contribution in [1.29, 1.82) is 0 Å². The van der Waals surface area contributed by atoms with Crippen LogP contribution >= 0.6 is 0 Å². The van der Waals surface area contributed by atoms with Crippen molar-refractivity contribution in [2.45, 2.75) is 44.7 Å². The van der Waals surface area contributed by atoms with Crippen molar-refractivity contribution in [1.82, 2.24) is 15.5 Å². The zero-order valence-electron chi connectivity index (χ0n) is 17.4. The van der Waals surface area contributed by atoms with E-state index in [1.807, 2.05) is 43.3 Å². The van der Waals surface area contributed by atoms with Crippen LogP contribution in [0, 0.1) is 5.92 Å². The van der Waals surface area contributed by atoms with Gasteiger partial charge in [0.15, 0.2) is 0 Å². The van der Waals surface area contributed by atoms with E-state index in [4.69, 9.17) is 4.74 Å². The molecular formula is C23H27N3O4. The first-order valence-corrected chi connectivity index (χ1v) is 10.4. The minimum atomic E-state index is -0.838. The van der Waals surface area contributed by atoms with Crippen molar-refractivity contribution in [2.75, 3.05) is 13.7 Å². The molecule has 2 fully saturated rings. The van der Waals surface area contributed by atoms with Gasteiger partial charge in [-0.05, 0) is 53.3 Å². The summed E-state index contributed by atoms with van der Waals surface area (Å²) in [5.41, 5.74) is 0.102.